The number of aromatic hydroxyl groups is 1. The number of carbonyl (C=O) groups excluding carboxylic acids is 2. The van der Waals surface area contributed by atoms with Crippen molar-refractivity contribution in [2.24, 2.45) is 0 Å². The van der Waals surface area contributed by atoms with Crippen LogP contribution < -0.4 is 18.9 Å². The summed E-state index contributed by atoms with van der Waals surface area (Å²) >= 11 is 0. The zero-order valence-electron chi connectivity index (χ0n) is 27.5. The van der Waals surface area contributed by atoms with Crippen LogP contribution in [0.3, 0.4) is 0 Å². The van der Waals surface area contributed by atoms with Crippen LogP contribution in [0.4, 0.5) is 0 Å². The van der Waals surface area contributed by atoms with Gasteiger partial charge in [-0.15, -0.1) is 0 Å². The normalized spacial score (nSPS) is 27.8. The second kappa shape index (κ2) is 10.7. The number of phenols is 1. The number of rotatable bonds is 6. The predicted octanol–water partition coefficient (Wildman–Crippen LogP) is 4.57. The maximum atomic E-state index is 13.2. The van der Waals surface area contributed by atoms with Crippen LogP contribution in [0.5, 0.6) is 28.7 Å². The number of benzene rings is 3. The number of methoxy groups -OCH3 is 1. The highest BCUT2D eigenvalue weighted by atomic mass is 16.7. The lowest BCUT2D eigenvalue weighted by molar-refractivity contribution is -0.192. The summed E-state index contributed by atoms with van der Waals surface area (Å²) in [5.74, 6) is 0.776. The molecular formula is C37H38N2O9. The molecule has 0 amide bonds. The number of ether oxygens (including phenoxy) is 5. The van der Waals surface area contributed by atoms with Gasteiger partial charge in [-0.25, -0.2) is 4.79 Å². The maximum Gasteiger partial charge on any atom is 0.330 e. The Kier molecular flexibility index (Phi) is 6.86. The number of hydrogen-bond acceptors (Lipinski definition) is 11. The number of phenolic OH excluding ortho intramolecular Hbond substituents is 1. The number of aryl methyl sites for hydroxylation is 1. The van der Waals surface area contributed by atoms with Crippen molar-refractivity contribution >= 4 is 18.0 Å². The van der Waals surface area contributed by atoms with E-state index in [2.05, 4.69) is 17.9 Å². The second-order valence-corrected chi connectivity index (χ2v) is 13.6. The molecule has 11 heteroatoms. The molecule has 250 valence electrons. The molecule has 0 spiro atoms. The molecule has 0 aliphatic carbocycles. The molecule has 2 fully saturated rings. The Hall–Kier alpha value is -4.58. The molecule has 5 atom stereocenters. The van der Waals surface area contributed by atoms with E-state index in [1.165, 1.54) is 13.0 Å². The van der Waals surface area contributed by atoms with Crippen LogP contribution in [0.1, 0.15) is 71.3 Å². The van der Waals surface area contributed by atoms with Crippen molar-refractivity contribution in [3.63, 3.8) is 0 Å². The van der Waals surface area contributed by atoms with E-state index >= 15 is 0 Å². The van der Waals surface area contributed by atoms with Crippen LogP contribution in [0.2, 0.25) is 0 Å². The summed E-state index contributed by atoms with van der Waals surface area (Å²) in [5.41, 5.74) is 3.45. The molecule has 2 bridgehead atoms. The molecule has 0 unspecified atom stereocenters. The summed E-state index contributed by atoms with van der Waals surface area (Å²) in [6.45, 7) is 7.34. The van der Waals surface area contributed by atoms with Gasteiger partial charge in [0.2, 0.25) is 6.79 Å². The summed E-state index contributed by atoms with van der Waals surface area (Å²) in [6.07, 6.45) is 3.77. The van der Waals surface area contributed by atoms with Crippen molar-refractivity contribution in [1.82, 2.24) is 9.80 Å². The minimum Gasteiger partial charge on any atom is -0.504 e. The van der Waals surface area contributed by atoms with Crippen molar-refractivity contribution in [1.29, 1.82) is 0 Å². The summed E-state index contributed by atoms with van der Waals surface area (Å²) in [4.78, 5) is 30.0. The molecule has 48 heavy (non-hydrogen) atoms. The predicted molar refractivity (Wildman–Crippen MR) is 173 cm³/mol. The van der Waals surface area contributed by atoms with E-state index in [-0.39, 0.29) is 25.2 Å². The molecule has 5 aliphatic rings. The first kappa shape index (κ1) is 30.7. The Balaban J connectivity index is 1.29. The average molecular weight is 655 g/mol. The highest BCUT2D eigenvalue weighted by Crippen LogP contribution is 2.67. The van der Waals surface area contributed by atoms with E-state index in [0.717, 1.165) is 22.3 Å². The standard InChI is InChI=1S/C37H38N2O9/c1-19-13-24-29(31(42)32(19)44-5)30-25-14-23-28(35-34(46-18-47-35)20(2)33(23)48-21(3)40)26(39(25)37(43)16-36(24,4)38(30)17-37)15-45-27(41)12-11-22-9-7-6-8-10-22/h6-13,25-26,30,42-43H,14-18H2,1-5H3/b12-11+/t25-,26-,30-,36+,37-/m0/s1. The number of aliphatic hydroxyl groups is 1. The SMILES string of the molecule is COc1c(C)cc2c(c1O)[C@@H]1[C@@H]3Cc4c(OC(C)=O)c(C)c5c(c4[C@H](COC(=O)/C=C/c4ccccc4)N3[C@@]3(O)CN1[C@]2(C)C3)OCO5. The second-order valence-electron chi connectivity index (χ2n) is 13.6. The molecule has 3 aromatic rings. The lowest BCUT2D eigenvalue weighted by Crippen LogP contribution is -2.65. The first-order valence-electron chi connectivity index (χ1n) is 16.2. The molecule has 0 saturated carbocycles. The van der Waals surface area contributed by atoms with Crippen molar-refractivity contribution in [3.05, 3.63) is 81.4 Å². The van der Waals surface area contributed by atoms with Gasteiger partial charge < -0.3 is 33.9 Å². The Labute approximate surface area is 278 Å². The first-order valence-corrected chi connectivity index (χ1v) is 16.2. The van der Waals surface area contributed by atoms with Crippen LogP contribution >= 0.6 is 0 Å². The average Bonchev–Trinajstić information content (AvgIpc) is 3.69. The highest BCUT2D eigenvalue weighted by Gasteiger charge is 2.69. The molecule has 3 aromatic carbocycles. The third kappa shape index (κ3) is 4.23. The molecule has 0 radical (unpaired) electrons. The van der Waals surface area contributed by atoms with Gasteiger partial charge in [-0.1, -0.05) is 30.3 Å². The molecule has 5 aliphatic heterocycles. The molecule has 5 heterocycles. The Morgan fingerprint density at radius 1 is 1.10 bits per heavy atom. The Bertz CT molecular complexity index is 1910. The van der Waals surface area contributed by atoms with Gasteiger partial charge in [-0.3, -0.25) is 14.6 Å². The molecular weight excluding hydrogens is 616 g/mol. The summed E-state index contributed by atoms with van der Waals surface area (Å²) in [7, 11) is 1.54. The van der Waals surface area contributed by atoms with E-state index in [1.807, 2.05) is 49.1 Å². The van der Waals surface area contributed by atoms with Gasteiger partial charge in [0, 0.05) is 59.8 Å². The summed E-state index contributed by atoms with van der Waals surface area (Å²) in [5, 5.41) is 24.4. The topological polar surface area (TPSA) is 127 Å². The summed E-state index contributed by atoms with van der Waals surface area (Å²) in [6, 6.07) is 10.0. The largest absolute Gasteiger partial charge is 0.504 e. The Morgan fingerprint density at radius 3 is 2.58 bits per heavy atom. The highest BCUT2D eigenvalue weighted by molar-refractivity contribution is 5.87. The minimum absolute atomic E-state index is 0.0268. The summed E-state index contributed by atoms with van der Waals surface area (Å²) < 4.78 is 29.5. The zero-order chi connectivity index (χ0) is 33.7. The number of carbonyl (C=O) groups is 2. The monoisotopic (exact) mass is 654 g/mol. The van der Waals surface area contributed by atoms with Gasteiger partial charge in [0.15, 0.2) is 23.0 Å². The smallest absolute Gasteiger partial charge is 0.330 e. The lowest BCUT2D eigenvalue weighted by atomic mass is 9.75. The van der Waals surface area contributed by atoms with E-state index in [1.54, 1.807) is 13.2 Å². The van der Waals surface area contributed by atoms with E-state index in [4.69, 9.17) is 23.7 Å². The fourth-order valence-corrected chi connectivity index (χ4v) is 9.16. The third-order valence-electron chi connectivity index (χ3n) is 10.8. The van der Waals surface area contributed by atoms with Gasteiger partial charge >= 0.3 is 11.9 Å². The van der Waals surface area contributed by atoms with Gasteiger partial charge in [0.1, 0.15) is 18.1 Å². The zero-order valence-corrected chi connectivity index (χ0v) is 27.5. The maximum absolute atomic E-state index is 13.2. The minimum atomic E-state index is -1.33. The van der Waals surface area contributed by atoms with Crippen LogP contribution in [-0.2, 0) is 26.3 Å². The number of fused-ring (bicyclic) bond motifs is 10. The van der Waals surface area contributed by atoms with E-state index in [0.29, 0.717) is 59.1 Å². The van der Waals surface area contributed by atoms with Crippen molar-refractivity contribution in [3.8, 4) is 28.7 Å². The lowest BCUT2D eigenvalue weighted by Gasteiger charge is -2.56. The fourth-order valence-electron chi connectivity index (χ4n) is 9.16. The van der Waals surface area contributed by atoms with Crippen LogP contribution in [0.25, 0.3) is 6.08 Å². The van der Waals surface area contributed by atoms with Crippen molar-refractivity contribution in [2.45, 2.75) is 69.9 Å². The van der Waals surface area contributed by atoms with Crippen molar-refractivity contribution in [2.75, 3.05) is 27.1 Å². The third-order valence-corrected chi connectivity index (χ3v) is 10.8. The molecule has 2 saturated heterocycles. The van der Waals surface area contributed by atoms with Gasteiger partial charge in [0.05, 0.1) is 19.2 Å². The number of esters is 2. The van der Waals surface area contributed by atoms with Crippen LogP contribution in [0.15, 0.2) is 42.5 Å². The fraction of sp³-hybridized carbons (Fsp3) is 0.405. The van der Waals surface area contributed by atoms with Crippen molar-refractivity contribution < 1.29 is 43.5 Å². The van der Waals surface area contributed by atoms with Crippen LogP contribution in [-0.4, -0.2) is 70.8 Å². The van der Waals surface area contributed by atoms with Crippen LogP contribution in [0, 0.1) is 13.8 Å². The van der Waals surface area contributed by atoms with Gasteiger partial charge in [0.25, 0.3) is 0 Å². The quantitative estimate of drug-likeness (QED) is 0.220. The van der Waals surface area contributed by atoms with Gasteiger partial charge in [-0.2, -0.15) is 0 Å². The Morgan fingerprint density at radius 2 is 1.85 bits per heavy atom. The van der Waals surface area contributed by atoms with Gasteiger partial charge in [-0.05, 0) is 56.0 Å². The molecule has 8 rings (SSSR count). The van der Waals surface area contributed by atoms with E-state index in [9.17, 15) is 19.8 Å². The molecule has 11 nitrogen and oxygen atoms in total. The molecule has 2 N–H and O–H groups in total. The first-order chi connectivity index (χ1) is 23.0. The molecule has 0 aromatic heterocycles. The number of nitrogens with zero attached hydrogens (tertiary/aromatic N) is 2. The van der Waals surface area contributed by atoms with E-state index < -0.39 is 35.3 Å². The number of piperazine rings is 1. The number of hydrogen-bond donors (Lipinski definition) is 2.